The van der Waals surface area contributed by atoms with Gasteiger partial charge in [-0.15, -0.1) is 16.4 Å². The molecule has 3 aromatic rings. The molecule has 0 aliphatic rings. The third-order valence-electron chi connectivity index (χ3n) is 2.61. The summed E-state index contributed by atoms with van der Waals surface area (Å²) >= 11 is 1.65. The fourth-order valence-corrected chi connectivity index (χ4v) is 2.34. The van der Waals surface area contributed by atoms with Crippen molar-refractivity contribution in [2.45, 2.75) is 6.54 Å². The molecule has 0 aliphatic carbocycles. The summed E-state index contributed by atoms with van der Waals surface area (Å²) in [6, 6.07) is 6.16. The van der Waals surface area contributed by atoms with Gasteiger partial charge in [-0.1, -0.05) is 5.21 Å². The molecule has 0 saturated carbocycles. The van der Waals surface area contributed by atoms with Crippen molar-refractivity contribution in [2.75, 3.05) is 5.32 Å². The van der Waals surface area contributed by atoms with E-state index < -0.39 is 0 Å². The number of nitrogens with zero attached hydrogens (tertiary/aromatic N) is 4. The number of aryl methyl sites for hydroxylation is 1. The number of anilines is 1. The first-order valence-electron chi connectivity index (χ1n) is 5.23. The van der Waals surface area contributed by atoms with Gasteiger partial charge in [-0.2, -0.15) is 0 Å². The van der Waals surface area contributed by atoms with Crippen LogP contribution in [0.5, 0.6) is 0 Å². The molecule has 0 atom stereocenters. The van der Waals surface area contributed by atoms with Gasteiger partial charge >= 0.3 is 0 Å². The maximum atomic E-state index is 4.25. The predicted molar refractivity (Wildman–Crippen MR) is 67.9 cm³/mol. The van der Waals surface area contributed by atoms with Crippen molar-refractivity contribution in [3.8, 4) is 0 Å². The maximum absolute atomic E-state index is 4.25. The highest BCUT2D eigenvalue weighted by atomic mass is 32.1. The lowest BCUT2D eigenvalue weighted by molar-refractivity contribution is 0.683. The van der Waals surface area contributed by atoms with Crippen LogP contribution in [0.1, 0.15) is 5.69 Å². The average molecular weight is 245 g/mol. The highest BCUT2D eigenvalue weighted by Crippen LogP contribution is 2.21. The van der Waals surface area contributed by atoms with E-state index in [0.29, 0.717) is 6.54 Å². The Morgan fingerprint density at radius 1 is 1.41 bits per heavy atom. The standard InChI is InChI=1S/C11H11N5S/c1-16-9(6-14-15-16)5-12-8-2-3-10-11(4-8)17-7-13-10/h2-4,6-7,12H,5H2,1H3. The van der Waals surface area contributed by atoms with Crippen LogP contribution in [0.3, 0.4) is 0 Å². The zero-order valence-corrected chi connectivity index (χ0v) is 10.1. The van der Waals surface area contributed by atoms with E-state index in [1.165, 1.54) is 4.70 Å². The van der Waals surface area contributed by atoms with E-state index in [1.54, 1.807) is 22.2 Å². The highest BCUT2D eigenvalue weighted by molar-refractivity contribution is 7.16. The monoisotopic (exact) mass is 245 g/mol. The van der Waals surface area contributed by atoms with Gasteiger partial charge in [0.2, 0.25) is 0 Å². The summed E-state index contributed by atoms with van der Waals surface area (Å²) < 4.78 is 2.95. The van der Waals surface area contributed by atoms with E-state index in [4.69, 9.17) is 0 Å². The largest absolute Gasteiger partial charge is 0.379 e. The maximum Gasteiger partial charge on any atom is 0.0813 e. The van der Waals surface area contributed by atoms with Crippen LogP contribution < -0.4 is 5.32 Å². The second-order valence-electron chi connectivity index (χ2n) is 3.74. The molecule has 1 N–H and O–H groups in total. The molecule has 0 aliphatic heterocycles. The summed E-state index contributed by atoms with van der Waals surface area (Å²) in [5.74, 6) is 0. The lowest BCUT2D eigenvalue weighted by Gasteiger charge is -2.05. The van der Waals surface area contributed by atoms with Gasteiger partial charge in [0, 0.05) is 12.7 Å². The van der Waals surface area contributed by atoms with Gasteiger partial charge < -0.3 is 5.32 Å². The minimum absolute atomic E-state index is 0.716. The van der Waals surface area contributed by atoms with Gasteiger partial charge in [0.15, 0.2) is 0 Å². The Morgan fingerprint density at radius 2 is 2.35 bits per heavy atom. The van der Waals surface area contributed by atoms with Crippen molar-refractivity contribution in [1.82, 2.24) is 20.0 Å². The van der Waals surface area contributed by atoms with Gasteiger partial charge in [0.05, 0.1) is 34.2 Å². The van der Waals surface area contributed by atoms with E-state index in [9.17, 15) is 0 Å². The average Bonchev–Trinajstić information content (AvgIpc) is 2.94. The molecular weight excluding hydrogens is 234 g/mol. The number of aromatic nitrogens is 4. The minimum Gasteiger partial charge on any atom is -0.379 e. The number of hydrogen-bond donors (Lipinski definition) is 1. The Bertz CT molecular complexity index is 642. The third kappa shape index (κ3) is 1.99. The first kappa shape index (κ1) is 10.2. The first-order valence-corrected chi connectivity index (χ1v) is 6.11. The summed E-state index contributed by atoms with van der Waals surface area (Å²) in [4.78, 5) is 4.25. The van der Waals surface area contributed by atoms with Gasteiger partial charge in [-0.3, -0.25) is 4.68 Å². The zero-order valence-electron chi connectivity index (χ0n) is 9.29. The van der Waals surface area contributed by atoms with Gasteiger partial charge in [0.25, 0.3) is 0 Å². The van der Waals surface area contributed by atoms with E-state index >= 15 is 0 Å². The first-order chi connectivity index (χ1) is 8.33. The predicted octanol–water partition coefficient (Wildman–Crippen LogP) is 2.04. The van der Waals surface area contributed by atoms with Gasteiger partial charge in [-0.25, -0.2) is 4.98 Å². The van der Waals surface area contributed by atoms with Crippen molar-refractivity contribution in [3.05, 3.63) is 35.6 Å². The summed E-state index contributed by atoms with van der Waals surface area (Å²) in [6.07, 6.45) is 1.76. The molecule has 2 aromatic heterocycles. The van der Waals surface area contributed by atoms with E-state index in [1.807, 2.05) is 24.7 Å². The zero-order chi connectivity index (χ0) is 11.7. The number of benzene rings is 1. The Labute approximate surface area is 102 Å². The normalized spacial score (nSPS) is 10.9. The summed E-state index contributed by atoms with van der Waals surface area (Å²) in [7, 11) is 1.89. The molecule has 0 radical (unpaired) electrons. The van der Waals surface area contributed by atoms with E-state index in [0.717, 1.165) is 16.9 Å². The van der Waals surface area contributed by atoms with Gasteiger partial charge in [-0.05, 0) is 18.2 Å². The Morgan fingerprint density at radius 3 is 3.18 bits per heavy atom. The fourth-order valence-electron chi connectivity index (χ4n) is 1.63. The molecule has 2 heterocycles. The molecule has 6 heteroatoms. The van der Waals surface area contributed by atoms with Crippen LogP contribution in [0.25, 0.3) is 10.2 Å². The summed E-state index contributed by atoms with van der Waals surface area (Å²) in [5.41, 5.74) is 5.04. The van der Waals surface area contributed by atoms with Crippen LogP contribution in [0.2, 0.25) is 0 Å². The van der Waals surface area contributed by atoms with Crippen LogP contribution in [-0.2, 0) is 13.6 Å². The fraction of sp³-hybridized carbons (Fsp3) is 0.182. The van der Waals surface area contributed by atoms with Crippen LogP contribution in [0, 0.1) is 0 Å². The molecule has 0 unspecified atom stereocenters. The molecule has 0 bridgehead atoms. The molecule has 3 rings (SSSR count). The van der Waals surface area contributed by atoms with E-state index in [2.05, 4.69) is 26.7 Å². The Kier molecular flexibility index (Phi) is 2.49. The molecule has 0 fully saturated rings. The number of thiazole rings is 1. The van der Waals surface area contributed by atoms with Crippen LogP contribution in [0.15, 0.2) is 29.9 Å². The number of rotatable bonds is 3. The van der Waals surface area contributed by atoms with Crippen molar-refractivity contribution < 1.29 is 0 Å². The Hall–Kier alpha value is -1.95. The third-order valence-corrected chi connectivity index (χ3v) is 3.40. The molecule has 86 valence electrons. The lowest BCUT2D eigenvalue weighted by Crippen LogP contribution is -2.05. The lowest BCUT2D eigenvalue weighted by atomic mass is 10.3. The second-order valence-corrected chi connectivity index (χ2v) is 4.62. The molecule has 0 spiro atoms. The molecule has 17 heavy (non-hydrogen) atoms. The topological polar surface area (TPSA) is 55.6 Å². The quantitative estimate of drug-likeness (QED) is 0.767. The summed E-state index contributed by atoms with van der Waals surface area (Å²) in [6.45, 7) is 0.716. The van der Waals surface area contributed by atoms with Gasteiger partial charge in [0.1, 0.15) is 0 Å². The molecule has 1 aromatic carbocycles. The molecule has 5 nitrogen and oxygen atoms in total. The van der Waals surface area contributed by atoms with Crippen molar-refractivity contribution in [3.63, 3.8) is 0 Å². The van der Waals surface area contributed by atoms with Crippen molar-refractivity contribution in [1.29, 1.82) is 0 Å². The number of hydrogen-bond acceptors (Lipinski definition) is 5. The summed E-state index contributed by atoms with van der Waals surface area (Å²) in [5, 5.41) is 11.1. The molecule has 0 saturated heterocycles. The second kappa shape index (κ2) is 4.14. The smallest absolute Gasteiger partial charge is 0.0813 e. The SMILES string of the molecule is Cn1nncc1CNc1ccc2ncsc2c1. The molecule has 0 amide bonds. The highest BCUT2D eigenvalue weighted by Gasteiger charge is 2.01. The van der Waals surface area contributed by atoms with Crippen molar-refractivity contribution >= 4 is 27.2 Å². The number of nitrogens with one attached hydrogen (secondary N) is 1. The van der Waals surface area contributed by atoms with Crippen LogP contribution in [0.4, 0.5) is 5.69 Å². The van der Waals surface area contributed by atoms with Crippen molar-refractivity contribution in [2.24, 2.45) is 7.05 Å². The number of fused-ring (bicyclic) bond motifs is 1. The van der Waals surface area contributed by atoms with Crippen LogP contribution in [-0.4, -0.2) is 20.0 Å². The Balaban J connectivity index is 1.78. The molecular formula is C11H11N5S. The van der Waals surface area contributed by atoms with Crippen LogP contribution >= 0.6 is 11.3 Å². The minimum atomic E-state index is 0.716. The van der Waals surface area contributed by atoms with E-state index in [-0.39, 0.29) is 0 Å².